The number of carbonyl (C=O) groups excluding carboxylic acids is 1. The summed E-state index contributed by atoms with van der Waals surface area (Å²) in [6, 6.07) is 11.6. The number of aryl methyl sites for hydroxylation is 2. The van der Waals surface area contributed by atoms with Crippen LogP contribution in [0.1, 0.15) is 11.4 Å². The molecule has 0 aliphatic carbocycles. The van der Waals surface area contributed by atoms with Gasteiger partial charge in [0.2, 0.25) is 5.91 Å². The SMILES string of the molecule is Cc1ccccc1-n1c(C)nnc1SCC(=O)Nc1cccnc1. The molecule has 0 unspecified atom stereocenters. The van der Waals surface area contributed by atoms with Crippen LogP contribution in [0.3, 0.4) is 0 Å². The summed E-state index contributed by atoms with van der Waals surface area (Å²) in [5, 5.41) is 11.8. The molecule has 3 aromatic rings. The summed E-state index contributed by atoms with van der Waals surface area (Å²) in [4.78, 5) is 16.1. The Bertz CT molecular complexity index is 847. The van der Waals surface area contributed by atoms with Crippen LogP contribution in [0.2, 0.25) is 0 Å². The van der Waals surface area contributed by atoms with Gasteiger partial charge in [0.15, 0.2) is 5.16 Å². The maximum atomic E-state index is 12.1. The van der Waals surface area contributed by atoms with Gasteiger partial charge < -0.3 is 5.32 Å². The summed E-state index contributed by atoms with van der Waals surface area (Å²) >= 11 is 1.36. The number of pyridine rings is 1. The van der Waals surface area contributed by atoms with Crippen molar-refractivity contribution in [1.82, 2.24) is 19.7 Å². The zero-order chi connectivity index (χ0) is 16.9. The number of para-hydroxylation sites is 1. The minimum absolute atomic E-state index is 0.106. The van der Waals surface area contributed by atoms with Crippen LogP contribution >= 0.6 is 11.8 Å². The average Bonchev–Trinajstić information content (AvgIpc) is 2.95. The number of hydrogen-bond acceptors (Lipinski definition) is 5. The molecule has 0 bridgehead atoms. The largest absolute Gasteiger partial charge is 0.324 e. The van der Waals surface area contributed by atoms with Gasteiger partial charge in [-0.3, -0.25) is 14.3 Å². The molecule has 0 saturated carbocycles. The first kappa shape index (κ1) is 16.2. The number of nitrogens with zero attached hydrogens (tertiary/aromatic N) is 4. The number of hydrogen-bond donors (Lipinski definition) is 1. The Balaban J connectivity index is 1.73. The maximum Gasteiger partial charge on any atom is 0.234 e. The molecular formula is C17H17N5OS. The van der Waals surface area contributed by atoms with Gasteiger partial charge in [-0.25, -0.2) is 0 Å². The summed E-state index contributed by atoms with van der Waals surface area (Å²) in [7, 11) is 0. The molecule has 7 heteroatoms. The van der Waals surface area contributed by atoms with E-state index in [0.29, 0.717) is 10.8 Å². The number of rotatable bonds is 5. The van der Waals surface area contributed by atoms with Crippen molar-refractivity contribution in [3.8, 4) is 5.69 Å². The molecule has 0 spiro atoms. The van der Waals surface area contributed by atoms with Gasteiger partial charge in [-0.15, -0.1) is 10.2 Å². The van der Waals surface area contributed by atoms with Crippen molar-refractivity contribution in [3.63, 3.8) is 0 Å². The van der Waals surface area contributed by atoms with E-state index in [1.165, 1.54) is 11.8 Å². The number of anilines is 1. The Morgan fingerprint density at radius 2 is 2.00 bits per heavy atom. The molecule has 0 aliphatic rings. The summed E-state index contributed by atoms with van der Waals surface area (Å²) in [5.74, 6) is 0.934. The Labute approximate surface area is 144 Å². The highest BCUT2D eigenvalue weighted by Crippen LogP contribution is 2.24. The number of thioether (sulfide) groups is 1. The molecule has 1 aromatic carbocycles. The first-order valence-corrected chi connectivity index (χ1v) is 8.44. The zero-order valence-electron chi connectivity index (χ0n) is 13.4. The monoisotopic (exact) mass is 339 g/mol. The van der Waals surface area contributed by atoms with E-state index in [0.717, 1.165) is 17.1 Å². The lowest BCUT2D eigenvalue weighted by atomic mass is 10.2. The molecule has 1 amide bonds. The number of carbonyl (C=O) groups is 1. The minimum atomic E-state index is -0.106. The summed E-state index contributed by atoms with van der Waals surface area (Å²) in [6.45, 7) is 3.94. The van der Waals surface area contributed by atoms with E-state index in [1.54, 1.807) is 24.5 Å². The van der Waals surface area contributed by atoms with Crippen molar-refractivity contribution in [1.29, 1.82) is 0 Å². The minimum Gasteiger partial charge on any atom is -0.324 e. The van der Waals surface area contributed by atoms with Gasteiger partial charge in [0.05, 0.1) is 23.3 Å². The number of benzene rings is 1. The Morgan fingerprint density at radius 3 is 2.75 bits per heavy atom. The quantitative estimate of drug-likeness (QED) is 0.724. The van der Waals surface area contributed by atoms with E-state index in [-0.39, 0.29) is 11.7 Å². The van der Waals surface area contributed by atoms with Gasteiger partial charge >= 0.3 is 0 Å². The Hall–Kier alpha value is -2.67. The van der Waals surface area contributed by atoms with Crippen LogP contribution < -0.4 is 5.32 Å². The van der Waals surface area contributed by atoms with Gasteiger partial charge in [0, 0.05) is 6.20 Å². The van der Waals surface area contributed by atoms with Gasteiger partial charge in [0.25, 0.3) is 0 Å². The first-order valence-electron chi connectivity index (χ1n) is 7.46. The molecule has 0 saturated heterocycles. The van der Waals surface area contributed by atoms with Crippen LogP contribution in [0.25, 0.3) is 5.69 Å². The molecular weight excluding hydrogens is 322 g/mol. The fraction of sp³-hybridized carbons (Fsp3) is 0.176. The topological polar surface area (TPSA) is 72.7 Å². The molecule has 2 aromatic heterocycles. The van der Waals surface area contributed by atoms with Crippen LogP contribution in [0.5, 0.6) is 0 Å². The van der Waals surface area contributed by atoms with Crippen molar-refractivity contribution in [2.45, 2.75) is 19.0 Å². The van der Waals surface area contributed by atoms with Crippen molar-refractivity contribution in [2.75, 3.05) is 11.1 Å². The van der Waals surface area contributed by atoms with Gasteiger partial charge in [-0.05, 0) is 37.6 Å². The van der Waals surface area contributed by atoms with Crippen molar-refractivity contribution < 1.29 is 4.79 Å². The van der Waals surface area contributed by atoms with Crippen molar-refractivity contribution in [3.05, 3.63) is 60.2 Å². The van der Waals surface area contributed by atoms with Crippen molar-refractivity contribution in [2.24, 2.45) is 0 Å². The third kappa shape index (κ3) is 3.62. The molecule has 0 atom stereocenters. The second-order valence-corrected chi connectivity index (χ2v) is 6.17. The summed E-state index contributed by atoms with van der Waals surface area (Å²) < 4.78 is 1.97. The van der Waals surface area contributed by atoms with Crippen LogP contribution in [-0.2, 0) is 4.79 Å². The van der Waals surface area contributed by atoms with E-state index < -0.39 is 0 Å². The lowest BCUT2D eigenvalue weighted by Gasteiger charge is -2.11. The zero-order valence-corrected chi connectivity index (χ0v) is 14.2. The van der Waals surface area contributed by atoms with Crippen LogP contribution in [0.4, 0.5) is 5.69 Å². The van der Waals surface area contributed by atoms with E-state index in [9.17, 15) is 4.79 Å². The van der Waals surface area contributed by atoms with Gasteiger partial charge in [0.1, 0.15) is 5.82 Å². The maximum absolute atomic E-state index is 12.1. The van der Waals surface area contributed by atoms with Gasteiger partial charge in [-0.2, -0.15) is 0 Å². The van der Waals surface area contributed by atoms with E-state index >= 15 is 0 Å². The third-order valence-electron chi connectivity index (χ3n) is 3.43. The normalized spacial score (nSPS) is 10.6. The second-order valence-electron chi connectivity index (χ2n) is 5.23. The highest BCUT2D eigenvalue weighted by atomic mass is 32.2. The summed E-state index contributed by atoms with van der Waals surface area (Å²) in [6.07, 6.45) is 3.28. The fourth-order valence-electron chi connectivity index (χ4n) is 2.29. The predicted molar refractivity (Wildman–Crippen MR) is 94.4 cm³/mol. The second kappa shape index (κ2) is 7.27. The molecule has 1 N–H and O–H groups in total. The number of amides is 1. The van der Waals surface area contributed by atoms with E-state index in [4.69, 9.17) is 0 Å². The molecule has 0 fully saturated rings. The molecule has 24 heavy (non-hydrogen) atoms. The predicted octanol–water partition coefficient (Wildman–Crippen LogP) is 3.01. The average molecular weight is 339 g/mol. The standard InChI is InChI=1S/C17H17N5OS/c1-12-6-3-4-8-15(12)22-13(2)20-21-17(22)24-11-16(23)19-14-7-5-9-18-10-14/h3-10H,11H2,1-2H3,(H,19,23). The van der Waals surface area contributed by atoms with E-state index in [2.05, 4.69) is 20.5 Å². The third-order valence-corrected chi connectivity index (χ3v) is 4.36. The van der Waals surface area contributed by atoms with Gasteiger partial charge in [-0.1, -0.05) is 30.0 Å². The Kier molecular flexibility index (Phi) is 4.90. The smallest absolute Gasteiger partial charge is 0.234 e. The first-order chi connectivity index (χ1) is 11.6. The van der Waals surface area contributed by atoms with Crippen LogP contribution in [0.15, 0.2) is 53.9 Å². The lowest BCUT2D eigenvalue weighted by Crippen LogP contribution is -2.14. The van der Waals surface area contributed by atoms with Crippen LogP contribution in [-0.4, -0.2) is 31.4 Å². The number of aromatic nitrogens is 4. The molecule has 0 aliphatic heterocycles. The molecule has 6 nitrogen and oxygen atoms in total. The molecule has 3 rings (SSSR count). The molecule has 0 radical (unpaired) electrons. The molecule has 122 valence electrons. The highest BCUT2D eigenvalue weighted by Gasteiger charge is 2.14. The molecule has 2 heterocycles. The number of nitrogens with one attached hydrogen (secondary N) is 1. The fourth-order valence-corrected chi connectivity index (χ4v) is 3.08. The van der Waals surface area contributed by atoms with E-state index in [1.807, 2.05) is 42.7 Å². The highest BCUT2D eigenvalue weighted by molar-refractivity contribution is 7.99. The Morgan fingerprint density at radius 1 is 1.17 bits per heavy atom. The van der Waals surface area contributed by atoms with Crippen LogP contribution in [0, 0.1) is 13.8 Å². The van der Waals surface area contributed by atoms with Crippen molar-refractivity contribution >= 4 is 23.4 Å². The summed E-state index contributed by atoms with van der Waals surface area (Å²) in [5.41, 5.74) is 2.83. The lowest BCUT2D eigenvalue weighted by molar-refractivity contribution is -0.113.